The molecule has 1 aliphatic heterocycles. The average Bonchev–Trinajstić information content (AvgIpc) is 2.61. The molecular formula is C11H22N2O4S. The van der Waals surface area contributed by atoms with Gasteiger partial charge in [-0.2, -0.15) is 4.31 Å². The molecule has 6 nitrogen and oxygen atoms in total. The number of ether oxygens (including phenoxy) is 1. The molecule has 0 aliphatic carbocycles. The van der Waals surface area contributed by atoms with Crippen molar-refractivity contribution in [3.05, 3.63) is 0 Å². The molecule has 0 spiro atoms. The molecule has 1 amide bonds. The van der Waals surface area contributed by atoms with E-state index in [-0.39, 0.29) is 18.9 Å². The Labute approximate surface area is 109 Å². The van der Waals surface area contributed by atoms with E-state index in [1.807, 2.05) is 0 Å². The molecule has 1 aliphatic rings. The molecule has 106 valence electrons. The Balaban J connectivity index is 3.02. The molecule has 1 fully saturated rings. The van der Waals surface area contributed by atoms with Crippen molar-refractivity contribution in [3.63, 3.8) is 0 Å². The first kappa shape index (κ1) is 15.4. The highest BCUT2D eigenvalue weighted by Crippen LogP contribution is 2.35. The fraction of sp³-hybridized carbons (Fsp3) is 0.909. The summed E-state index contributed by atoms with van der Waals surface area (Å²) in [6.07, 6.45) is 2.77. The monoisotopic (exact) mass is 278 g/mol. The van der Waals surface area contributed by atoms with Crippen molar-refractivity contribution in [3.8, 4) is 0 Å². The second-order valence-corrected chi connectivity index (χ2v) is 6.97. The zero-order valence-corrected chi connectivity index (χ0v) is 12.3. The first-order chi connectivity index (χ1) is 8.23. The first-order valence-corrected chi connectivity index (χ1v) is 7.75. The Morgan fingerprint density at radius 2 is 2.06 bits per heavy atom. The van der Waals surface area contributed by atoms with Gasteiger partial charge in [0.15, 0.2) is 0 Å². The zero-order chi connectivity index (χ0) is 14.0. The number of methoxy groups -OCH3 is 1. The Hall–Kier alpha value is -0.660. The number of hydrogen-bond donors (Lipinski definition) is 0. The van der Waals surface area contributed by atoms with Gasteiger partial charge in [-0.15, -0.1) is 0 Å². The fourth-order valence-electron chi connectivity index (χ4n) is 2.51. The molecule has 0 aromatic heterocycles. The molecule has 1 heterocycles. The van der Waals surface area contributed by atoms with Gasteiger partial charge >= 0.3 is 0 Å². The van der Waals surface area contributed by atoms with Crippen LogP contribution in [0.2, 0.25) is 0 Å². The summed E-state index contributed by atoms with van der Waals surface area (Å²) in [6.45, 7) is 0.711. The van der Waals surface area contributed by atoms with Crippen LogP contribution in [0.5, 0.6) is 0 Å². The summed E-state index contributed by atoms with van der Waals surface area (Å²) >= 11 is 0. The number of rotatable bonds is 5. The Kier molecular flexibility index (Phi) is 4.74. The number of carbonyl (C=O) groups excluding carboxylic acids is 1. The van der Waals surface area contributed by atoms with Gasteiger partial charge in [-0.05, 0) is 12.8 Å². The maximum atomic E-state index is 11.9. The highest BCUT2D eigenvalue weighted by molar-refractivity contribution is 7.88. The standard InChI is InChI=1S/C11H22N2O4S/c1-12(2)10(14)8-11(9-17-3)6-5-7-13(11)18(4,15)16/h5-9H2,1-4H3/t11-/m0/s1. The van der Waals surface area contributed by atoms with Crippen LogP contribution in [0.1, 0.15) is 19.3 Å². The van der Waals surface area contributed by atoms with E-state index in [9.17, 15) is 13.2 Å². The van der Waals surface area contributed by atoms with E-state index in [4.69, 9.17) is 4.74 Å². The van der Waals surface area contributed by atoms with Crippen molar-refractivity contribution in [2.45, 2.75) is 24.8 Å². The summed E-state index contributed by atoms with van der Waals surface area (Å²) < 4.78 is 30.2. The molecule has 0 unspecified atom stereocenters. The molecule has 0 radical (unpaired) electrons. The van der Waals surface area contributed by atoms with Crippen molar-refractivity contribution in [2.75, 3.05) is 40.6 Å². The summed E-state index contributed by atoms with van der Waals surface area (Å²) in [6, 6.07) is 0. The van der Waals surface area contributed by atoms with Crippen molar-refractivity contribution in [1.29, 1.82) is 0 Å². The number of nitrogens with zero attached hydrogens (tertiary/aromatic N) is 2. The number of sulfonamides is 1. The topological polar surface area (TPSA) is 66.9 Å². The SMILES string of the molecule is COC[C@@]1(CC(=O)N(C)C)CCCN1S(C)(=O)=O. The zero-order valence-electron chi connectivity index (χ0n) is 11.5. The van der Waals surface area contributed by atoms with Gasteiger partial charge in [-0.25, -0.2) is 8.42 Å². The van der Waals surface area contributed by atoms with E-state index in [1.54, 1.807) is 14.1 Å². The maximum absolute atomic E-state index is 11.9. The molecule has 0 saturated carbocycles. The van der Waals surface area contributed by atoms with E-state index < -0.39 is 15.6 Å². The molecule has 0 aromatic rings. The minimum absolute atomic E-state index is 0.0809. The summed E-state index contributed by atoms with van der Waals surface area (Å²) in [5, 5.41) is 0. The molecule has 1 atom stereocenters. The summed E-state index contributed by atoms with van der Waals surface area (Å²) in [5.74, 6) is -0.0809. The predicted molar refractivity (Wildman–Crippen MR) is 68.7 cm³/mol. The predicted octanol–water partition coefficient (Wildman–Crippen LogP) is -0.0947. The molecule has 18 heavy (non-hydrogen) atoms. The van der Waals surface area contributed by atoms with Crippen LogP contribution < -0.4 is 0 Å². The molecule has 1 rings (SSSR count). The largest absolute Gasteiger partial charge is 0.383 e. The van der Waals surface area contributed by atoms with Crippen LogP contribution in [0.4, 0.5) is 0 Å². The van der Waals surface area contributed by atoms with Crippen molar-refractivity contribution >= 4 is 15.9 Å². The minimum Gasteiger partial charge on any atom is -0.383 e. The highest BCUT2D eigenvalue weighted by Gasteiger charge is 2.47. The Morgan fingerprint density at radius 1 is 1.44 bits per heavy atom. The van der Waals surface area contributed by atoms with Gasteiger partial charge in [0.2, 0.25) is 15.9 Å². The summed E-state index contributed by atoms with van der Waals surface area (Å²) in [5.41, 5.74) is -0.719. The van der Waals surface area contributed by atoms with Crippen LogP contribution >= 0.6 is 0 Å². The second kappa shape index (κ2) is 5.54. The smallest absolute Gasteiger partial charge is 0.224 e. The lowest BCUT2D eigenvalue weighted by Crippen LogP contribution is -2.52. The third-order valence-corrected chi connectivity index (χ3v) is 4.70. The normalized spacial score (nSPS) is 25.3. The Morgan fingerprint density at radius 3 is 2.50 bits per heavy atom. The number of amides is 1. The van der Waals surface area contributed by atoms with Gasteiger partial charge in [0.25, 0.3) is 0 Å². The van der Waals surface area contributed by atoms with Gasteiger partial charge in [0, 0.05) is 34.2 Å². The molecule has 0 N–H and O–H groups in total. The summed E-state index contributed by atoms with van der Waals surface area (Å²) in [4.78, 5) is 13.4. The number of hydrogen-bond acceptors (Lipinski definition) is 4. The lowest BCUT2D eigenvalue weighted by atomic mass is 9.93. The van der Waals surface area contributed by atoms with Crippen LogP contribution in [-0.4, -0.2) is 69.7 Å². The Bertz CT molecular complexity index is 407. The van der Waals surface area contributed by atoms with Crippen LogP contribution in [0, 0.1) is 0 Å². The molecule has 1 saturated heterocycles. The molecule has 7 heteroatoms. The lowest BCUT2D eigenvalue weighted by Gasteiger charge is -2.36. The average molecular weight is 278 g/mol. The molecule has 0 bridgehead atoms. The van der Waals surface area contributed by atoms with Crippen molar-refractivity contribution < 1.29 is 17.9 Å². The number of carbonyl (C=O) groups is 1. The van der Waals surface area contributed by atoms with Crippen molar-refractivity contribution in [2.24, 2.45) is 0 Å². The summed E-state index contributed by atoms with van der Waals surface area (Å²) in [7, 11) is 1.55. The molecular weight excluding hydrogens is 256 g/mol. The van der Waals surface area contributed by atoms with Crippen LogP contribution in [-0.2, 0) is 19.6 Å². The quantitative estimate of drug-likeness (QED) is 0.704. The van der Waals surface area contributed by atoms with Crippen LogP contribution in [0.25, 0.3) is 0 Å². The maximum Gasteiger partial charge on any atom is 0.224 e. The van der Waals surface area contributed by atoms with Gasteiger partial charge in [0.05, 0.1) is 18.4 Å². The molecule has 0 aromatic carbocycles. The van der Waals surface area contributed by atoms with Gasteiger partial charge in [0.1, 0.15) is 0 Å². The van der Waals surface area contributed by atoms with Crippen LogP contribution in [0.15, 0.2) is 0 Å². The van der Waals surface area contributed by atoms with Gasteiger partial charge in [-0.3, -0.25) is 4.79 Å². The fourth-order valence-corrected chi connectivity index (χ4v) is 3.88. The van der Waals surface area contributed by atoms with E-state index in [1.165, 1.54) is 22.6 Å². The lowest BCUT2D eigenvalue weighted by molar-refractivity contribution is -0.131. The minimum atomic E-state index is -3.32. The highest BCUT2D eigenvalue weighted by atomic mass is 32.2. The first-order valence-electron chi connectivity index (χ1n) is 5.90. The van der Waals surface area contributed by atoms with E-state index in [0.717, 1.165) is 6.42 Å². The third kappa shape index (κ3) is 3.21. The van der Waals surface area contributed by atoms with Gasteiger partial charge in [-0.1, -0.05) is 0 Å². The van der Waals surface area contributed by atoms with E-state index >= 15 is 0 Å². The van der Waals surface area contributed by atoms with Gasteiger partial charge < -0.3 is 9.64 Å². The van der Waals surface area contributed by atoms with E-state index in [0.29, 0.717) is 13.0 Å². The van der Waals surface area contributed by atoms with E-state index in [2.05, 4.69) is 0 Å². The van der Waals surface area contributed by atoms with Crippen molar-refractivity contribution in [1.82, 2.24) is 9.21 Å². The third-order valence-electron chi connectivity index (χ3n) is 3.32. The second-order valence-electron chi connectivity index (χ2n) is 5.06. The van der Waals surface area contributed by atoms with Crippen LogP contribution in [0.3, 0.4) is 0 Å².